The second kappa shape index (κ2) is 14.5. The van der Waals surface area contributed by atoms with Gasteiger partial charge < -0.3 is 19.7 Å². The van der Waals surface area contributed by atoms with E-state index in [0.29, 0.717) is 23.7 Å². The lowest BCUT2D eigenvalue weighted by Gasteiger charge is -2.29. The van der Waals surface area contributed by atoms with Gasteiger partial charge in [0.05, 0.1) is 26.2 Å². The Labute approximate surface area is 220 Å². The number of nitrogens with one attached hydrogen (secondary N) is 1. The zero-order chi connectivity index (χ0) is 27.4. The van der Waals surface area contributed by atoms with Gasteiger partial charge >= 0.3 is 0 Å². The molecule has 204 valence electrons. The molecular formula is C27H39N3O6S. The molecule has 0 saturated carbocycles. The van der Waals surface area contributed by atoms with Gasteiger partial charge in [-0.25, -0.2) is 8.42 Å². The van der Waals surface area contributed by atoms with Crippen molar-refractivity contribution in [3.05, 3.63) is 54.1 Å². The van der Waals surface area contributed by atoms with Gasteiger partial charge in [0.2, 0.25) is 21.8 Å². The number of anilines is 1. The van der Waals surface area contributed by atoms with E-state index in [0.717, 1.165) is 24.7 Å². The summed E-state index contributed by atoms with van der Waals surface area (Å²) in [6, 6.07) is 13.4. The smallest absolute Gasteiger partial charge is 0.242 e. The molecule has 10 heteroatoms. The Kier molecular flexibility index (Phi) is 11.7. The highest BCUT2D eigenvalue weighted by atomic mass is 32.2. The lowest BCUT2D eigenvalue weighted by atomic mass is 10.1. The molecule has 0 fully saturated rings. The van der Waals surface area contributed by atoms with Crippen molar-refractivity contribution in [2.75, 3.05) is 37.9 Å². The average molecular weight is 534 g/mol. The van der Waals surface area contributed by atoms with E-state index in [1.165, 1.54) is 11.4 Å². The SMILES string of the molecule is CCCCNC(=O)[C@H](C)N(Cc1ccc(OC)cc1)C(=O)CCCN(c1cccc(OC)c1)S(C)(=O)=O. The van der Waals surface area contributed by atoms with Crippen LogP contribution >= 0.6 is 0 Å². The fourth-order valence-corrected chi connectivity index (χ4v) is 4.77. The molecule has 0 heterocycles. The van der Waals surface area contributed by atoms with Crippen molar-refractivity contribution in [2.45, 2.75) is 52.1 Å². The van der Waals surface area contributed by atoms with Gasteiger partial charge in [0.1, 0.15) is 17.5 Å². The first-order chi connectivity index (χ1) is 17.6. The van der Waals surface area contributed by atoms with Crippen LogP contribution in [0.3, 0.4) is 0 Å². The van der Waals surface area contributed by atoms with Crippen LogP contribution in [0, 0.1) is 0 Å². The van der Waals surface area contributed by atoms with Crippen molar-refractivity contribution in [1.82, 2.24) is 10.2 Å². The van der Waals surface area contributed by atoms with Gasteiger partial charge in [-0.15, -0.1) is 0 Å². The number of rotatable bonds is 15. The first kappa shape index (κ1) is 30.0. The van der Waals surface area contributed by atoms with Crippen molar-refractivity contribution in [3.8, 4) is 11.5 Å². The molecule has 2 aromatic rings. The number of amides is 2. The van der Waals surface area contributed by atoms with Crippen molar-refractivity contribution in [2.24, 2.45) is 0 Å². The first-order valence-corrected chi connectivity index (χ1v) is 14.3. The summed E-state index contributed by atoms with van der Waals surface area (Å²) in [5.74, 6) is 0.790. The maximum Gasteiger partial charge on any atom is 0.242 e. The van der Waals surface area contributed by atoms with Crippen LogP contribution in [-0.2, 0) is 26.2 Å². The molecular weight excluding hydrogens is 494 g/mol. The third-order valence-corrected chi connectivity index (χ3v) is 7.20. The summed E-state index contributed by atoms with van der Waals surface area (Å²) >= 11 is 0. The summed E-state index contributed by atoms with van der Waals surface area (Å²) in [5, 5.41) is 2.90. The Hall–Kier alpha value is -3.27. The fraction of sp³-hybridized carbons (Fsp3) is 0.481. The molecule has 0 radical (unpaired) electrons. The monoisotopic (exact) mass is 533 g/mol. The first-order valence-electron chi connectivity index (χ1n) is 12.4. The zero-order valence-corrected chi connectivity index (χ0v) is 23.2. The molecule has 0 aliphatic heterocycles. The number of sulfonamides is 1. The van der Waals surface area contributed by atoms with Crippen LogP contribution in [0.25, 0.3) is 0 Å². The zero-order valence-electron chi connectivity index (χ0n) is 22.4. The van der Waals surface area contributed by atoms with Crippen LogP contribution in [0.15, 0.2) is 48.5 Å². The lowest BCUT2D eigenvalue weighted by Crippen LogP contribution is -2.47. The molecule has 0 aromatic heterocycles. The number of hydrogen-bond acceptors (Lipinski definition) is 6. The van der Waals surface area contributed by atoms with Crippen molar-refractivity contribution in [1.29, 1.82) is 0 Å². The highest BCUT2D eigenvalue weighted by molar-refractivity contribution is 7.92. The van der Waals surface area contributed by atoms with Gasteiger partial charge in [0.25, 0.3) is 0 Å². The molecule has 9 nitrogen and oxygen atoms in total. The van der Waals surface area contributed by atoms with Gasteiger partial charge in [0.15, 0.2) is 0 Å². The quantitative estimate of drug-likeness (QED) is 0.351. The average Bonchev–Trinajstić information content (AvgIpc) is 2.88. The van der Waals surface area contributed by atoms with Crippen molar-refractivity contribution < 1.29 is 27.5 Å². The van der Waals surface area contributed by atoms with E-state index in [1.807, 2.05) is 31.2 Å². The van der Waals surface area contributed by atoms with Gasteiger partial charge in [-0.3, -0.25) is 13.9 Å². The Morgan fingerprint density at radius 1 is 1.00 bits per heavy atom. The third-order valence-electron chi connectivity index (χ3n) is 6.00. The van der Waals surface area contributed by atoms with E-state index < -0.39 is 16.1 Å². The molecule has 0 spiro atoms. The molecule has 2 rings (SSSR count). The topological polar surface area (TPSA) is 105 Å². The Bertz CT molecular complexity index is 1120. The van der Waals surface area contributed by atoms with Crippen LogP contribution in [-0.4, -0.2) is 64.7 Å². The van der Waals surface area contributed by atoms with Crippen LogP contribution in [0.5, 0.6) is 11.5 Å². The van der Waals surface area contributed by atoms with Crippen LogP contribution < -0.4 is 19.1 Å². The highest BCUT2D eigenvalue weighted by Crippen LogP contribution is 2.24. The molecule has 0 aliphatic carbocycles. The summed E-state index contributed by atoms with van der Waals surface area (Å²) in [6.07, 6.45) is 3.31. The number of benzene rings is 2. The number of carbonyl (C=O) groups excluding carboxylic acids is 2. The van der Waals surface area contributed by atoms with E-state index in [1.54, 1.807) is 43.2 Å². The van der Waals surface area contributed by atoms with E-state index in [-0.39, 0.29) is 37.7 Å². The number of methoxy groups -OCH3 is 2. The molecule has 1 N–H and O–H groups in total. The predicted molar refractivity (Wildman–Crippen MR) is 145 cm³/mol. The Balaban J connectivity index is 2.16. The minimum Gasteiger partial charge on any atom is -0.497 e. The van der Waals surface area contributed by atoms with E-state index in [4.69, 9.17) is 9.47 Å². The van der Waals surface area contributed by atoms with Crippen LogP contribution in [0.4, 0.5) is 5.69 Å². The summed E-state index contributed by atoms with van der Waals surface area (Å²) in [6.45, 7) is 4.66. The summed E-state index contributed by atoms with van der Waals surface area (Å²) in [5.41, 5.74) is 1.32. The highest BCUT2D eigenvalue weighted by Gasteiger charge is 2.26. The van der Waals surface area contributed by atoms with Gasteiger partial charge in [-0.05, 0) is 49.6 Å². The molecule has 0 bridgehead atoms. The Morgan fingerprint density at radius 3 is 2.27 bits per heavy atom. The number of hydrogen-bond donors (Lipinski definition) is 1. The minimum absolute atomic E-state index is 0.0821. The molecule has 2 amide bonds. The van der Waals surface area contributed by atoms with Crippen LogP contribution in [0.2, 0.25) is 0 Å². The lowest BCUT2D eigenvalue weighted by molar-refractivity contribution is -0.140. The molecule has 0 saturated heterocycles. The second-order valence-electron chi connectivity index (χ2n) is 8.83. The number of ether oxygens (including phenoxy) is 2. The third kappa shape index (κ3) is 9.27. The molecule has 2 aromatic carbocycles. The number of unbranched alkanes of at least 4 members (excludes halogenated alkanes) is 1. The predicted octanol–water partition coefficient (Wildman–Crippen LogP) is 3.58. The fourth-order valence-electron chi connectivity index (χ4n) is 3.82. The maximum atomic E-state index is 13.3. The second-order valence-corrected chi connectivity index (χ2v) is 10.7. The van der Waals surface area contributed by atoms with E-state index >= 15 is 0 Å². The number of carbonyl (C=O) groups is 2. The van der Waals surface area contributed by atoms with Crippen molar-refractivity contribution >= 4 is 27.5 Å². The largest absolute Gasteiger partial charge is 0.497 e. The molecule has 37 heavy (non-hydrogen) atoms. The van der Waals surface area contributed by atoms with E-state index in [2.05, 4.69) is 5.32 Å². The van der Waals surface area contributed by atoms with Crippen LogP contribution in [0.1, 0.15) is 45.1 Å². The standard InChI is InChI=1S/C27H39N3O6S/c1-6-7-17-28-27(32)21(2)29(20-22-13-15-24(35-3)16-14-22)26(31)12-9-18-30(37(5,33)34)23-10-8-11-25(19-23)36-4/h8,10-11,13-16,19,21H,6-7,9,12,17-18,20H2,1-5H3,(H,28,32)/t21-/m0/s1. The van der Waals surface area contributed by atoms with E-state index in [9.17, 15) is 18.0 Å². The summed E-state index contributed by atoms with van der Waals surface area (Å²) in [4.78, 5) is 27.7. The summed E-state index contributed by atoms with van der Waals surface area (Å²) in [7, 11) is -0.486. The normalized spacial score (nSPS) is 11.9. The molecule has 1 atom stereocenters. The molecule has 0 aliphatic rings. The molecule has 0 unspecified atom stereocenters. The minimum atomic E-state index is -3.58. The maximum absolute atomic E-state index is 13.3. The number of nitrogens with zero attached hydrogens (tertiary/aromatic N) is 2. The van der Waals surface area contributed by atoms with Gasteiger partial charge in [-0.2, -0.15) is 0 Å². The Morgan fingerprint density at radius 2 is 1.68 bits per heavy atom. The van der Waals surface area contributed by atoms with Gasteiger partial charge in [0, 0.05) is 32.1 Å². The van der Waals surface area contributed by atoms with Gasteiger partial charge in [-0.1, -0.05) is 31.5 Å². The summed E-state index contributed by atoms with van der Waals surface area (Å²) < 4.78 is 36.7. The van der Waals surface area contributed by atoms with Crippen molar-refractivity contribution in [3.63, 3.8) is 0 Å².